The molecule has 1 fully saturated rings. The number of carbonyl (C=O) groups excluding carboxylic acids is 6. The summed E-state index contributed by atoms with van der Waals surface area (Å²) < 4.78 is 11.9. The van der Waals surface area contributed by atoms with Crippen molar-refractivity contribution in [1.82, 2.24) is 30.7 Å². The third kappa shape index (κ3) is 14.5. The van der Waals surface area contributed by atoms with Gasteiger partial charge in [-0.1, -0.05) is 90.1 Å². The SMILES string of the molecule is C=CCNC(=O)CCC(=O)N(C)[C@H](C(=O)N[C@H](C(=O)N(C)[C@@H](C(=C)CC)[C@@H](CC(=O)N1CCC[C@H]1[C@H](OC)[C@@H](C)C(=O)N[C@H](C)[C@@H](O)c1ccccc1)OC)C(C)C)C(C)C. The van der Waals surface area contributed by atoms with E-state index in [2.05, 4.69) is 29.1 Å². The highest BCUT2D eigenvalue weighted by Gasteiger charge is 2.43. The van der Waals surface area contributed by atoms with Gasteiger partial charge in [0.25, 0.3) is 0 Å². The Bertz CT molecular complexity index is 1640. The Morgan fingerprint density at radius 2 is 1.54 bits per heavy atom. The lowest BCUT2D eigenvalue weighted by Crippen LogP contribution is -2.59. The number of amides is 6. The van der Waals surface area contributed by atoms with Crippen LogP contribution in [0.15, 0.2) is 55.1 Å². The molecule has 0 spiro atoms. The molecular formula is C46H74N6O9. The highest BCUT2D eigenvalue weighted by Crippen LogP contribution is 2.30. The third-order valence-electron chi connectivity index (χ3n) is 11.8. The predicted molar refractivity (Wildman–Crippen MR) is 236 cm³/mol. The van der Waals surface area contributed by atoms with E-state index in [9.17, 15) is 33.9 Å². The highest BCUT2D eigenvalue weighted by molar-refractivity contribution is 5.93. The molecule has 1 aliphatic rings. The van der Waals surface area contributed by atoms with Gasteiger partial charge in [0.2, 0.25) is 35.4 Å². The number of methoxy groups -OCH3 is 2. The van der Waals surface area contributed by atoms with Crippen molar-refractivity contribution in [2.45, 2.75) is 136 Å². The quantitative estimate of drug-likeness (QED) is 0.106. The van der Waals surface area contributed by atoms with Crippen LogP contribution in [0.5, 0.6) is 0 Å². The minimum Gasteiger partial charge on any atom is -0.386 e. The van der Waals surface area contributed by atoms with Gasteiger partial charge in [-0.05, 0) is 43.6 Å². The molecule has 61 heavy (non-hydrogen) atoms. The summed E-state index contributed by atoms with van der Waals surface area (Å²) in [7, 11) is 6.12. The van der Waals surface area contributed by atoms with Crippen molar-refractivity contribution >= 4 is 35.4 Å². The van der Waals surface area contributed by atoms with Crippen molar-refractivity contribution in [3.05, 3.63) is 60.7 Å². The Kier molecular flexibility index (Phi) is 21.8. The molecule has 15 nitrogen and oxygen atoms in total. The summed E-state index contributed by atoms with van der Waals surface area (Å²) in [6, 6.07) is 5.44. The molecular weight excluding hydrogens is 781 g/mol. The number of hydrogen-bond donors (Lipinski definition) is 4. The first kappa shape index (κ1) is 52.5. The lowest BCUT2D eigenvalue weighted by atomic mass is 9.92. The van der Waals surface area contributed by atoms with Crippen LogP contribution in [0, 0.1) is 17.8 Å². The molecule has 0 bridgehead atoms. The van der Waals surface area contributed by atoms with Crippen LogP contribution >= 0.6 is 0 Å². The Hall–Kier alpha value is -4.60. The molecule has 0 saturated carbocycles. The molecule has 1 aromatic rings. The molecule has 9 atom stereocenters. The molecule has 0 unspecified atom stereocenters. The van der Waals surface area contributed by atoms with Gasteiger partial charge in [0, 0.05) is 54.2 Å². The predicted octanol–water partition coefficient (Wildman–Crippen LogP) is 3.77. The van der Waals surface area contributed by atoms with E-state index in [0.29, 0.717) is 36.9 Å². The topological polar surface area (TPSA) is 187 Å². The largest absolute Gasteiger partial charge is 0.386 e. The first-order valence-electron chi connectivity index (χ1n) is 21.5. The minimum atomic E-state index is -0.998. The summed E-state index contributed by atoms with van der Waals surface area (Å²) in [6.07, 6.45) is 0.738. The van der Waals surface area contributed by atoms with Crippen LogP contribution in [-0.4, -0.2) is 139 Å². The van der Waals surface area contributed by atoms with Gasteiger partial charge in [-0.25, -0.2) is 0 Å². The molecule has 1 aromatic carbocycles. The lowest BCUT2D eigenvalue weighted by Gasteiger charge is -2.39. The van der Waals surface area contributed by atoms with Gasteiger partial charge in [0.05, 0.1) is 48.8 Å². The van der Waals surface area contributed by atoms with Crippen molar-refractivity contribution in [2.24, 2.45) is 17.8 Å². The molecule has 1 aliphatic heterocycles. The Balaban J connectivity index is 2.26. The first-order valence-corrected chi connectivity index (χ1v) is 21.5. The zero-order chi connectivity index (χ0) is 46.1. The van der Waals surface area contributed by atoms with Crippen LogP contribution < -0.4 is 16.0 Å². The standard InChI is InChI=1S/C46H74N6O9/c1-14-25-47-36(53)23-24-37(54)50(10)40(29(5)6)45(58)49-39(28(3)4)46(59)51(11)41(30(7)15-2)35(60-12)27-38(55)52-26-19-22-34(52)43(61-13)31(8)44(57)48-32(9)42(56)33-20-17-16-18-21-33/h14,16-18,20-21,28-29,31-32,34-35,39-43,56H,1,7,15,19,22-27H2,2-6,8-13H3,(H,47,53)(H,48,57)(H,49,58)/t31-,32-,34+,35-,39+,40+,41+,42-,43-/m1/s1. The van der Waals surface area contributed by atoms with Gasteiger partial charge in [0.1, 0.15) is 12.1 Å². The van der Waals surface area contributed by atoms with Gasteiger partial charge >= 0.3 is 0 Å². The second-order valence-corrected chi connectivity index (χ2v) is 16.8. The van der Waals surface area contributed by atoms with Crippen LogP contribution in [0.2, 0.25) is 0 Å². The number of hydrogen-bond acceptors (Lipinski definition) is 9. The Labute approximate surface area is 364 Å². The van der Waals surface area contributed by atoms with Crippen LogP contribution in [0.3, 0.4) is 0 Å². The number of benzene rings is 1. The average molecular weight is 855 g/mol. The van der Waals surface area contributed by atoms with Crippen LogP contribution in [0.1, 0.15) is 98.7 Å². The number of ether oxygens (including phenoxy) is 2. The number of likely N-dealkylation sites (tertiary alicyclic amines) is 1. The van der Waals surface area contributed by atoms with Crippen LogP contribution in [-0.2, 0) is 38.2 Å². The second kappa shape index (κ2) is 25.4. The molecule has 6 amide bonds. The van der Waals surface area contributed by atoms with E-state index < -0.39 is 66.3 Å². The van der Waals surface area contributed by atoms with Gasteiger partial charge in [0.15, 0.2) is 0 Å². The maximum Gasteiger partial charge on any atom is 0.245 e. The fraction of sp³-hybridized carbons (Fsp3) is 0.652. The normalized spacial score (nSPS) is 17.9. The fourth-order valence-corrected chi connectivity index (χ4v) is 8.13. The molecule has 2 rings (SSSR count). The van der Waals surface area contributed by atoms with E-state index in [4.69, 9.17) is 9.47 Å². The lowest BCUT2D eigenvalue weighted by molar-refractivity contribution is -0.146. The van der Waals surface area contributed by atoms with Crippen molar-refractivity contribution in [3.8, 4) is 0 Å². The number of likely N-dealkylation sites (N-methyl/N-ethyl adjacent to an activating group) is 2. The van der Waals surface area contributed by atoms with Gasteiger partial charge in [-0.15, -0.1) is 6.58 Å². The Morgan fingerprint density at radius 3 is 2.08 bits per heavy atom. The van der Waals surface area contributed by atoms with Crippen molar-refractivity contribution in [3.63, 3.8) is 0 Å². The summed E-state index contributed by atoms with van der Waals surface area (Å²) >= 11 is 0. The number of rotatable bonds is 25. The van der Waals surface area contributed by atoms with E-state index in [1.54, 1.807) is 57.9 Å². The monoisotopic (exact) mass is 855 g/mol. The van der Waals surface area contributed by atoms with Crippen molar-refractivity contribution < 1.29 is 43.3 Å². The van der Waals surface area contributed by atoms with Crippen LogP contribution in [0.4, 0.5) is 0 Å². The number of nitrogens with zero attached hydrogens (tertiary/aromatic N) is 3. The summed E-state index contributed by atoms with van der Waals surface area (Å²) in [5.74, 6) is -3.50. The number of carbonyl (C=O) groups is 6. The number of aliphatic hydroxyl groups excluding tert-OH is 1. The third-order valence-corrected chi connectivity index (χ3v) is 11.8. The zero-order valence-corrected chi connectivity index (χ0v) is 38.4. The smallest absolute Gasteiger partial charge is 0.245 e. The van der Waals surface area contributed by atoms with E-state index >= 15 is 0 Å². The zero-order valence-electron chi connectivity index (χ0n) is 38.4. The summed E-state index contributed by atoms with van der Waals surface area (Å²) in [6.45, 7) is 21.2. The highest BCUT2D eigenvalue weighted by atomic mass is 16.5. The van der Waals surface area contributed by atoms with Crippen LogP contribution in [0.25, 0.3) is 0 Å². The van der Waals surface area contributed by atoms with E-state index in [0.717, 1.165) is 0 Å². The molecule has 0 aliphatic carbocycles. The van der Waals surface area contributed by atoms with E-state index in [1.807, 2.05) is 39.0 Å². The molecule has 342 valence electrons. The molecule has 0 radical (unpaired) electrons. The summed E-state index contributed by atoms with van der Waals surface area (Å²) in [4.78, 5) is 86.0. The molecule has 1 heterocycles. The van der Waals surface area contributed by atoms with E-state index in [-0.39, 0.29) is 61.3 Å². The van der Waals surface area contributed by atoms with Crippen molar-refractivity contribution in [2.75, 3.05) is 41.4 Å². The fourth-order valence-electron chi connectivity index (χ4n) is 8.13. The molecule has 15 heteroatoms. The first-order chi connectivity index (χ1) is 28.8. The Morgan fingerprint density at radius 1 is 0.902 bits per heavy atom. The van der Waals surface area contributed by atoms with Gasteiger partial charge in [-0.2, -0.15) is 0 Å². The molecule has 4 N–H and O–H groups in total. The van der Waals surface area contributed by atoms with Gasteiger partial charge in [-0.3, -0.25) is 28.8 Å². The average Bonchev–Trinajstić information content (AvgIpc) is 3.72. The van der Waals surface area contributed by atoms with Crippen molar-refractivity contribution in [1.29, 1.82) is 0 Å². The summed E-state index contributed by atoms with van der Waals surface area (Å²) in [5.41, 5.74) is 1.33. The maximum absolute atomic E-state index is 14.4. The van der Waals surface area contributed by atoms with E-state index in [1.165, 1.54) is 31.1 Å². The van der Waals surface area contributed by atoms with Gasteiger partial charge < -0.3 is 45.2 Å². The second-order valence-electron chi connectivity index (χ2n) is 16.8. The minimum absolute atomic E-state index is 0.0461. The molecule has 0 aromatic heterocycles. The maximum atomic E-state index is 14.4. The summed E-state index contributed by atoms with van der Waals surface area (Å²) in [5, 5.41) is 19.3. The number of nitrogens with one attached hydrogen (secondary N) is 3. The number of aliphatic hydroxyl groups is 1. The molecule has 1 saturated heterocycles.